The van der Waals surface area contributed by atoms with E-state index in [0.717, 1.165) is 13.3 Å². The molecule has 2 aromatic heterocycles. The van der Waals surface area contributed by atoms with Crippen LogP contribution in [0.3, 0.4) is 0 Å². The second-order valence-corrected chi connectivity index (χ2v) is 11.6. The number of nitrogens with two attached hydrogens (primary N) is 1. The van der Waals surface area contributed by atoms with Gasteiger partial charge in [0, 0.05) is 6.92 Å². The predicted octanol–water partition coefficient (Wildman–Crippen LogP) is -3.14. The average molecular weight is 600 g/mol. The zero-order valence-corrected chi connectivity index (χ0v) is 21.7. The molecule has 1 amide bonds. The number of hydrogen-bond acceptors (Lipinski definition) is 16. The molecule has 2 aliphatic heterocycles. The molecular formula is C17H26N6O14P2. The summed E-state index contributed by atoms with van der Waals surface area (Å²) in [7, 11) is -10.7. The van der Waals surface area contributed by atoms with Crippen LogP contribution in [0, 0.1) is 0 Å². The fraction of sp³-hybridized carbons (Fsp3) is 0.647. The van der Waals surface area contributed by atoms with Gasteiger partial charge in [-0.15, -0.1) is 0 Å². The highest BCUT2D eigenvalue weighted by Gasteiger charge is 2.47. The number of phosphoric ester groups is 2. The Kier molecular flexibility index (Phi) is 8.70. The van der Waals surface area contributed by atoms with E-state index in [2.05, 4.69) is 33.6 Å². The number of nitrogen functional groups attached to an aromatic ring is 1. The normalized spacial score (nSPS) is 34.1. The number of phosphoric acid groups is 2. The second-order valence-electron chi connectivity index (χ2n) is 8.52. The molecule has 0 aromatic carbocycles. The van der Waals surface area contributed by atoms with E-state index in [4.69, 9.17) is 15.2 Å². The van der Waals surface area contributed by atoms with Crippen molar-refractivity contribution in [2.24, 2.45) is 0 Å². The fourth-order valence-electron chi connectivity index (χ4n) is 3.94. The molecule has 4 heterocycles. The minimum Gasteiger partial charge on any atom is -0.388 e. The van der Waals surface area contributed by atoms with E-state index < -0.39 is 83.8 Å². The van der Waals surface area contributed by atoms with E-state index in [1.807, 2.05) is 0 Å². The number of aromatic nitrogens is 4. The van der Waals surface area contributed by atoms with Crippen molar-refractivity contribution < 1.29 is 67.0 Å². The number of aliphatic hydroxyl groups is 4. The third-order valence-corrected chi connectivity index (χ3v) is 8.35. The molecule has 0 aliphatic carbocycles. The number of carbonyl (C=O) groups excluding carboxylic acids is 1. The highest BCUT2D eigenvalue weighted by atomic mass is 31.3. The average Bonchev–Trinajstić information content (AvgIpc) is 3.47. The quantitative estimate of drug-likeness (QED) is 0.125. The number of fused-ring (bicyclic) bond motifs is 1. The largest absolute Gasteiger partial charge is 0.481 e. The maximum atomic E-state index is 12.3. The highest BCUT2D eigenvalue weighted by molar-refractivity contribution is 7.61. The summed E-state index contributed by atoms with van der Waals surface area (Å²) in [5.74, 6) is -0.538. The molecule has 22 heteroatoms. The van der Waals surface area contributed by atoms with Gasteiger partial charge in [0.2, 0.25) is 5.91 Å². The van der Waals surface area contributed by atoms with E-state index in [-0.39, 0.29) is 17.0 Å². The molecule has 0 spiro atoms. The summed E-state index contributed by atoms with van der Waals surface area (Å²) < 4.78 is 49.6. The SMILES string of the molecule is CC(=O)N[C@H]1C(O)[C@@H](COP(=O)(O)OP(=O)(O)OC[C@H]2O[C@@H](n3cnc4c(N)ncnc43)C(O)C2O)O[C@H]1O. The number of carbonyl (C=O) groups is 1. The van der Waals surface area contributed by atoms with Crippen LogP contribution in [-0.4, -0.2) is 112 Å². The molecule has 2 aliphatic rings. The molecule has 20 nitrogen and oxygen atoms in total. The highest BCUT2D eigenvalue weighted by Crippen LogP contribution is 2.60. The molecule has 2 aromatic rings. The Bertz CT molecular complexity index is 1300. The van der Waals surface area contributed by atoms with Crippen molar-refractivity contribution in [3.05, 3.63) is 12.7 Å². The number of hydrogen-bond donors (Lipinski definition) is 8. The smallest absolute Gasteiger partial charge is 0.388 e. The lowest BCUT2D eigenvalue weighted by molar-refractivity contribution is -0.126. The second kappa shape index (κ2) is 11.4. The number of aliphatic hydroxyl groups excluding tert-OH is 4. The first-order valence-corrected chi connectivity index (χ1v) is 14.1. The molecule has 10 atom stereocenters. The van der Waals surface area contributed by atoms with Crippen molar-refractivity contribution in [2.45, 2.75) is 56.0 Å². The Balaban J connectivity index is 1.32. The first kappa shape index (κ1) is 29.8. The number of anilines is 1. The summed E-state index contributed by atoms with van der Waals surface area (Å²) in [6.45, 7) is -0.659. The first-order chi connectivity index (χ1) is 18.2. The maximum absolute atomic E-state index is 12.3. The molecule has 39 heavy (non-hydrogen) atoms. The van der Waals surface area contributed by atoms with E-state index in [1.54, 1.807) is 0 Å². The summed E-state index contributed by atoms with van der Waals surface area (Å²) in [6, 6.07) is -1.26. The third-order valence-electron chi connectivity index (χ3n) is 5.75. The van der Waals surface area contributed by atoms with Crippen molar-refractivity contribution in [2.75, 3.05) is 18.9 Å². The summed E-state index contributed by atoms with van der Waals surface area (Å²) in [6.07, 6.45) is -8.18. The van der Waals surface area contributed by atoms with Gasteiger partial charge in [-0.3, -0.25) is 18.4 Å². The van der Waals surface area contributed by atoms with E-state index >= 15 is 0 Å². The topological polar surface area (TPSA) is 300 Å². The summed E-state index contributed by atoms with van der Waals surface area (Å²) >= 11 is 0. The zero-order chi connectivity index (χ0) is 28.7. The van der Waals surface area contributed by atoms with E-state index in [1.165, 1.54) is 10.9 Å². The van der Waals surface area contributed by atoms with Gasteiger partial charge in [-0.05, 0) is 0 Å². The molecule has 0 radical (unpaired) electrons. The molecule has 4 rings (SSSR count). The van der Waals surface area contributed by atoms with Crippen molar-refractivity contribution in [3.63, 3.8) is 0 Å². The Morgan fingerprint density at radius 3 is 2.26 bits per heavy atom. The van der Waals surface area contributed by atoms with E-state index in [9.17, 15) is 44.1 Å². The van der Waals surface area contributed by atoms with Crippen LogP contribution in [0.1, 0.15) is 13.2 Å². The van der Waals surface area contributed by atoms with Gasteiger partial charge in [-0.2, -0.15) is 4.31 Å². The molecular weight excluding hydrogens is 574 g/mol. The van der Waals surface area contributed by atoms with Crippen LogP contribution in [0.5, 0.6) is 0 Å². The lowest BCUT2D eigenvalue weighted by Gasteiger charge is -2.21. The number of rotatable bonds is 10. The number of amides is 1. The van der Waals surface area contributed by atoms with Crippen LogP contribution < -0.4 is 11.1 Å². The Morgan fingerprint density at radius 2 is 1.64 bits per heavy atom. The minimum atomic E-state index is -5.33. The number of nitrogens with one attached hydrogen (secondary N) is 1. The standard InChI is InChI=1S/C17H26N6O14P2/c1-6(24)22-9-11(25)7(36-17(9)28)2-33-38(29,30)37-39(31,32)34-3-8-12(26)13(27)16(35-8)23-5-21-10-14(18)19-4-20-15(10)23/h4-5,7-9,11-13,16-17,25-28H,2-3H2,1H3,(H,22,24)(H,29,30)(H,31,32)(H2,18,19,20)/t7-,8-,9+,11?,12?,13?,16-,17-/m1/s1. The minimum absolute atomic E-state index is 0.0541. The predicted molar refractivity (Wildman–Crippen MR) is 123 cm³/mol. The number of ether oxygens (including phenoxy) is 2. The Morgan fingerprint density at radius 1 is 1.03 bits per heavy atom. The number of imidazole rings is 1. The summed E-state index contributed by atoms with van der Waals surface area (Å²) in [4.78, 5) is 42.7. The van der Waals surface area contributed by atoms with Crippen LogP contribution >= 0.6 is 15.6 Å². The van der Waals surface area contributed by atoms with Gasteiger partial charge >= 0.3 is 15.6 Å². The number of nitrogens with zero attached hydrogens (tertiary/aromatic N) is 4. The molecule has 0 bridgehead atoms. The van der Waals surface area contributed by atoms with Crippen molar-refractivity contribution >= 4 is 38.5 Å². The first-order valence-electron chi connectivity index (χ1n) is 11.1. The van der Waals surface area contributed by atoms with Crippen LogP contribution in [0.4, 0.5) is 5.82 Å². The molecule has 0 saturated carbocycles. The molecule has 2 saturated heterocycles. The van der Waals surface area contributed by atoms with Gasteiger partial charge in [-0.25, -0.2) is 24.1 Å². The lowest BCUT2D eigenvalue weighted by atomic mass is 10.1. The van der Waals surface area contributed by atoms with Crippen LogP contribution in [0.15, 0.2) is 12.7 Å². The van der Waals surface area contributed by atoms with Crippen molar-refractivity contribution in [3.8, 4) is 0 Å². The zero-order valence-electron chi connectivity index (χ0n) is 19.9. The maximum Gasteiger partial charge on any atom is 0.481 e. The van der Waals surface area contributed by atoms with Crippen molar-refractivity contribution in [1.82, 2.24) is 24.8 Å². The van der Waals surface area contributed by atoms with Gasteiger partial charge in [0.05, 0.1) is 19.5 Å². The third kappa shape index (κ3) is 6.60. The molecule has 218 valence electrons. The van der Waals surface area contributed by atoms with Gasteiger partial charge in [0.1, 0.15) is 48.4 Å². The summed E-state index contributed by atoms with van der Waals surface area (Å²) in [5, 5.41) is 42.9. The Labute approximate surface area is 218 Å². The molecule has 9 N–H and O–H groups in total. The lowest BCUT2D eigenvalue weighted by Crippen LogP contribution is -2.47. The van der Waals surface area contributed by atoms with Gasteiger partial charge in [0.15, 0.2) is 24.0 Å². The van der Waals surface area contributed by atoms with Crippen molar-refractivity contribution in [1.29, 1.82) is 0 Å². The Hall–Kier alpha value is -2.16. The molecule has 5 unspecified atom stereocenters. The van der Waals surface area contributed by atoms with Gasteiger partial charge in [0.25, 0.3) is 0 Å². The summed E-state index contributed by atoms with van der Waals surface area (Å²) in [5.41, 5.74) is 6.09. The van der Waals surface area contributed by atoms with Gasteiger partial charge in [-0.1, -0.05) is 0 Å². The van der Waals surface area contributed by atoms with Crippen LogP contribution in [-0.2, 0) is 36.8 Å². The van der Waals surface area contributed by atoms with E-state index in [0.29, 0.717) is 0 Å². The molecule has 2 fully saturated rings. The van der Waals surface area contributed by atoms with Crippen LogP contribution in [0.25, 0.3) is 11.2 Å². The monoisotopic (exact) mass is 600 g/mol. The van der Waals surface area contributed by atoms with Gasteiger partial charge < -0.3 is 50.7 Å². The fourth-order valence-corrected chi connectivity index (χ4v) is 6.03. The van der Waals surface area contributed by atoms with Crippen LogP contribution in [0.2, 0.25) is 0 Å².